The number of ketones is 1. The lowest BCUT2D eigenvalue weighted by Gasteiger charge is -2.08. The van der Waals surface area contributed by atoms with Gasteiger partial charge in [0.2, 0.25) is 0 Å². The Kier molecular flexibility index (Phi) is 4.36. The van der Waals surface area contributed by atoms with E-state index in [1.165, 1.54) is 17.4 Å². The van der Waals surface area contributed by atoms with Crippen molar-refractivity contribution in [1.29, 1.82) is 0 Å². The number of halogens is 6. The van der Waals surface area contributed by atoms with E-state index >= 15 is 0 Å². The maximum absolute atomic E-state index is 13.4. The number of carbonyl (C=O) groups is 1. The molecule has 0 bridgehead atoms. The maximum atomic E-state index is 13.4. The molecule has 8 heteroatoms. The van der Waals surface area contributed by atoms with Gasteiger partial charge in [0.1, 0.15) is 5.82 Å². The topological polar surface area (TPSA) is 17.1 Å². The summed E-state index contributed by atoms with van der Waals surface area (Å²) in [5.41, 5.74) is -1.26. The number of carbonyl (C=O) groups excluding carboxylic acids is 1. The SMILES string of the molecule is O=C(c1ccc(C(F)(F)F)c(F)c1)c1cc(Br)sc1Br. The van der Waals surface area contributed by atoms with Crippen molar-refractivity contribution in [3.05, 3.63) is 54.3 Å². The second-order valence-electron chi connectivity index (χ2n) is 3.76. The predicted octanol–water partition coefficient (Wildman–Crippen LogP) is 5.66. The van der Waals surface area contributed by atoms with Crippen LogP contribution >= 0.6 is 43.2 Å². The zero-order chi connectivity index (χ0) is 15.1. The van der Waals surface area contributed by atoms with Crippen LogP contribution in [0.25, 0.3) is 0 Å². The maximum Gasteiger partial charge on any atom is 0.419 e. The highest BCUT2D eigenvalue weighted by atomic mass is 79.9. The van der Waals surface area contributed by atoms with Gasteiger partial charge in [0.05, 0.1) is 13.1 Å². The van der Waals surface area contributed by atoms with Crippen LogP contribution in [-0.4, -0.2) is 5.78 Å². The van der Waals surface area contributed by atoms with Crippen molar-refractivity contribution >= 4 is 49.0 Å². The van der Waals surface area contributed by atoms with Crippen molar-refractivity contribution in [2.45, 2.75) is 6.18 Å². The molecule has 106 valence electrons. The second kappa shape index (κ2) is 5.57. The highest BCUT2D eigenvalue weighted by Gasteiger charge is 2.34. The highest BCUT2D eigenvalue weighted by molar-refractivity contribution is 9.12. The Morgan fingerprint density at radius 2 is 1.80 bits per heavy atom. The minimum absolute atomic E-state index is 0.137. The third kappa shape index (κ3) is 3.12. The normalized spacial score (nSPS) is 11.7. The molecule has 1 aromatic carbocycles. The fourth-order valence-corrected chi connectivity index (χ4v) is 4.33. The van der Waals surface area contributed by atoms with Crippen molar-refractivity contribution in [2.75, 3.05) is 0 Å². The minimum atomic E-state index is -4.78. The first-order valence-corrected chi connectivity index (χ1v) is 7.46. The van der Waals surface area contributed by atoms with Crippen molar-refractivity contribution in [3.63, 3.8) is 0 Å². The van der Waals surface area contributed by atoms with E-state index in [0.29, 0.717) is 19.7 Å². The van der Waals surface area contributed by atoms with E-state index in [2.05, 4.69) is 31.9 Å². The summed E-state index contributed by atoms with van der Waals surface area (Å²) in [4.78, 5) is 12.1. The van der Waals surface area contributed by atoms with E-state index in [1.807, 2.05) is 0 Å². The Hall–Kier alpha value is -0.730. The molecule has 0 N–H and O–H groups in total. The summed E-state index contributed by atoms with van der Waals surface area (Å²) in [6, 6.07) is 3.65. The van der Waals surface area contributed by atoms with E-state index in [0.717, 1.165) is 6.07 Å². The molecule has 2 aromatic rings. The summed E-state index contributed by atoms with van der Waals surface area (Å²) < 4.78 is 51.9. The fourth-order valence-electron chi connectivity index (χ4n) is 1.54. The number of hydrogen-bond acceptors (Lipinski definition) is 2. The quantitative estimate of drug-likeness (QED) is 0.442. The van der Waals surface area contributed by atoms with Crippen LogP contribution < -0.4 is 0 Å². The van der Waals surface area contributed by atoms with E-state index in [9.17, 15) is 22.4 Å². The van der Waals surface area contributed by atoms with Crippen LogP contribution in [0, 0.1) is 5.82 Å². The lowest BCUT2D eigenvalue weighted by Crippen LogP contribution is -2.10. The molecule has 1 nitrogen and oxygen atoms in total. The van der Waals surface area contributed by atoms with Gasteiger partial charge in [-0.05, 0) is 50.1 Å². The Morgan fingerprint density at radius 1 is 1.15 bits per heavy atom. The van der Waals surface area contributed by atoms with Crippen LogP contribution in [-0.2, 0) is 6.18 Å². The lowest BCUT2D eigenvalue weighted by atomic mass is 10.0. The molecular weight excluding hydrogens is 428 g/mol. The molecule has 1 heterocycles. The number of thiophene rings is 1. The zero-order valence-electron chi connectivity index (χ0n) is 9.39. The summed E-state index contributed by atoms with van der Waals surface area (Å²) in [6.45, 7) is 0. The number of hydrogen-bond donors (Lipinski definition) is 0. The minimum Gasteiger partial charge on any atom is -0.289 e. The Labute approximate surface area is 131 Å². The van der Waals surface area contributed by atoms with Gasteiger partial charge in [0.15, 0.2) is 5.78 Å². The third-order valence-corrected chi connectivity index (χ3v) is 4.78. The van der Waals surface area contributed by atoms with Gasteiger partial charge in [-0.3, -0.25) is 4.79 Å². The van der Waals surface area contributed by atoms with Gasteiger partial charge in [-0.2, -0.15) is 13.2 Å². The summed E-state index contributed by atoms with van der Waals surface area (Å²) in [7, 11) is 0. The molecule has 1 aromatic heterocycles. The van der Waals surface area contributed by atoms with Crippen LogP contribution in [0.15, 0.2) is 31.8 Å². The Morgan fingerprint density at radius 3 is 2.25 bits per heavy atom. The third-order valence-electron chi connectivity index (χ3n) is 2.44. The average molecular weight is 432 g/mol. The molecule has 0 aliphatic rings. The molecule has 0 unspecified atom stereocenters. The number of benzene rings is 1. The van der Waals surface area contributed by atoms with Gasteiger partial charge < -0.3 is 0 Å². The number of rotatable bonds is 2. The van der Waals surface area contributed by atoms with Gasteiger partial charge in [-0.1, -0.05) is 6.07 Å². The molecule has 0 atom stereocenters. The van der Waals surface area contributed by atoms with Crippen LogP contribution in [0.4, 0.5) is 17.6 Å². The lowest BCUT2D eigenvalue weighted by molar-refractivity contribution is -0.140. The van der Waals surface area contributed by atoms with Crippen LogP contribution in [0.5, 0.6) is 0 Å². The van der Waals surface area contributed by atoms with E-state index in [4.69, 9.17) is 0 Å². The first kappa shape index (κ1) is 15.7. The first-order valence-electron chi connectivity index (χ1n) is 5.06. The van der Waals surface area contributed by atoms with Gasteiger partial charge in [-0.25, -0.2) is 4.39 Å². The Balaban J connectivity index is 2.42. The second-order valence-corrected chi connectivity index (χ2v) is 7.51. The molecule has 20 heavy (non-hydrogen) atoms. The highest BCUT2D eigenvalue weighted by Crippen LogP contribution is 2.35. The molecule has 0 saturated heterocycles. The van der Waals surface area contributed by atoms with E-state index < -0.39 is 23.3 Å². The molecule has 0 fully saturated rings. The fraction of sp³-hybridized carbons (Fsp3) is 0.0833. The smallest absolute Gasteiger partial charge is 0.289 e. The molecule has 2 rings (SSSR count). The molecular formula is C12H4Br2F4OS. The largest absolute Gasteiger partial charge is 0.419 e. The average Bonchev–Trinajstić information content (AvgIpc) is 2.65. The van der Waals surface area contributed by atoms with Gasteiger partial charge >= 0.3 is 6.18 Å². The molecule has 0 aliphatic carbocycles. The van der Waals surface area contributed by atoms with Crippen LogP contribution in [0.2, 0.25) is 0 Å². The van der Waals surface area contributed by atoms with E-state index in [-0.39, 0.29) is 11.1 Å². The van der Waals surface area contributed by atoms with E-state index in [1.54, 1.807) is 0 Å². The van der Waals surface area contributed by atoms with Gasteiger partial charge in [-0.15, -0.1) is 11.3 Å². The van der Waals surface area contributed by atoms with Gasteiger partial charge in [0.25, 0.3) is 0 Å². The van der Waals surface area contributed by atoms with Gasteiger partial charge in [0, 0.05) is 11.1 Å². The summed E-state index contributed by atoms with van der Waals surface area (Å²) in [5.74, 6) is -2.01. The Bertz CT molecular complexity index is 679. The van der Waals surface area contributed by atoms with Crippen molar-refractivity contribution in [3.8, 4) is 0 Å². The molecule has 0 radical (unpaired) electrons. The summed E-state index contributed by atoms with van der Waals surface area (Å²) in [5, 5.41) is 0. The summed E-state index contributed by atoms with van der Waals surface area (Å²) >= 11 is 7.61. The molecule has 0 saturated carbocycles. The number of alkyl halides is 3. The van der Waals surface area contributed by atoms with Crippen molar-refractivity contribution in [2.24, 2.45) is 0 Å². The standard InChI is InChI=1S/C12H4Br2F4OS/c13-9-4-6(11(14)20-9)10(19)5-1-2-7(8(15)3-5)12(16,17)18/h1-4H. The van der Waals surface area contributed by atoms with Crippen LogP contribution in [0.3, 0.4) is 0 Å². The predicted molar refractivity (Wildman–Crippen MR) is 74.6 cm³/mol. The zero-order valence-corrected chi connectivity index (χ0v) is 13.4. The first-order chi connectivity index (χ1) is 9.20. The van der Waals surface area contributed by atoms with Crippen LogP contribution in [0.1, 0.15) is 21.5 Å². The van der Waals surface area contributed by atoms with Crippen molar-refractivity contribution in [1.82, 2.24) is 0 Å². The monoisotopic (exact) mass is 430 g/mol. The van der Waals surface area contributed by atoms with Crippen molar-refractivity contribution < 1.29 is 22.4 Å². The summed E-state index contributed by atoms with van der Waals surface area (Å²) in [6.07, 6.45) is -4.78. The molecule has 0 aliphatic heterocycles. The molecule has 0 amide bonds. The molecule has 0 spiro atoms.